The van der Waals surface area contributed by atoms with Crippen LogP contribution in [0.1, 0.15) is 5.56 Å². The molecule has 1 aromatic carbocycles. The van der Waals surface area contributed by atoms with Crippen molar-refractivity contribution in [3.8, 4) is 11.8 Å². The van der Waals surface area contributed by atoms with Gasteiger partial charge in [-0.05, 0) is 0 Å². The molecule has 0 bridgehead atoms. The van der Waals surface area contributed by atoms with E-state index in [1.165, 1.54) is 19.5 Å². The van der Waals surface area contributed by atoms with Crippen molar-refractivity contribution in [3.05, 3.63) is 23.5 Å². The van der Waals surface area contributed by atoms with Crippen LogP contribution in [-0.4, -0.2) is 32.4 Å². The maximum Gasteiger partial charge on any atom is 0.146 e. The molecule has 0 N–H and O–H groups in total. The summed E-state index contributed by atoms with van der Waals surface area (Å²) in [5.41, 5.74) is 0.173. The Bertz CT molecular complexity index is 449. The van der Waals surface area contributed by atoms with Crippen molar-refractivity contribution in [3.63, 3.8) is 0 Å². The molecule has 0 saturated heterocycles. The number of hydrogen-bond acceptors (Lipinski definition) is 3. The van der Waals surface area contributed by atoms with E-state index in [2.05, 4.69) is 4.99 Å². The van der Waals surface area contributed by atoms with Crippen LogP contribution in [0.5, 0.6) is 5.75 Å². The summed E-state index contributed by atoms with van der Waals surface area (Å²) in [6.45, 7) is 0. The van der Waals surface area contributed by atoms with Crippen molar-refractivity contribution in [1.82, 2.24) is 4.90 Å². The lowest BCUT2D eigenvalue weighted by atomic mass is 10.2. The quantitative estimate of drug-likeness (QED) is 0.578. The first kappa shape index (κ1) is 12.0. The zero-order chi connectivity index (χ0) is 12.1. The Morgan fingerprint density at radius 3 is 2.69 bits per heavy atom. The highest BCUT2D eigenvalue weighted by atomic mass is 19.1. The fourth-order valence-corrected chi connectivity index (χ4v) is 1.08. The van der Waals surface area contributed by atoms with Crippen LogP contribution in [0.3, 0.4) is 0 Å². The van der Waals surface area contributed by atoms with Crippen molar-refractivity contribution >= 4 is 12.0 Å². The normalized spacial score (nSPS) is 10.2. The number of nitriles is 1. The highest BCUT2D eigenvalue weighted by Gasteiger charge is 2.10. The van der Waals surface area contributed by atoms with E-state index < -0.39 is 5.82 Å². The summed E-state index contributed by atoms with van der Waals surface area (Å²) in [7, 11) is 5.00. The Morgan fingerprint density at radius 2 is 2.19 bits per heavy atom. The van der Waals surface area contributed by atoms with Crippen LogP contribution in [0.15, 0.2) is 17.1 Å². The lowest BCUT2D eigenvalue weighted by molar-refractivity contribution is 0.411. The van der Waals surface area contributed by atoms with Gasteiger partial charge in [0.2, 0.25) is 0 Å². The maximum absolute atomic E-state index is 13.4. The monoisotopic (exact) mass is 221 g/mol. The van der Waals surface area contributed by atoms with Gasteiger partial charge >= 0.3 is 0 Å². The number of ether oxygens (including phenoxy) is 1. The number of benzene rings is 1. The minimum atomic E-state index is -0.632. The Balaban J connectivity index is 3.24. The van der Waals surface area contributed by atoms with Gasteiger partial charge in [0.1, 0.15) is 23.2 Å². The molecule has 0 aliphatic rings. The van der Waals surface area contributed by atoms with E-state index in [0.717, 1.165) is 6.07 Å². The Hall–Kier alpha value is -2.09. The third kappa shape index (κ3) is 2.70. The summed E-state index contributed by atoms with van der Waals surface area (Å²) in [6, 6.07) is 4.45. The molecule has 0 aromatic heterocycles. The highest BCUT2D eigenvalue weighted by Crippen LogP contribution is 2.27. The topological polar surface area (TPSA) is 48.6 Å². The molecule has 0 unspecified atom stereocenters. The third-order valence-electron chi connectivity index (χ3n) is 1.82. The standard InChI is InChI=1S/C11H12FN3O/c1-15(2)7-14-11-5-8(16-3)4-10(12)9(11)6-13/h4-5,7H,1-3H3. The van der Waals surface area contributed by atoms with Crippen molar-refractivity contribution < 1.29 is 9.13 Å². The lowest BCUT2D eigenvalue weighted by Gasteiger charge is -2.06. The van der Waals surface area contributed by atoms with Gasteiger partial charge in [0.15, 0.2) is 0 Å². The van der Waals surface area contributed by atoms with E-state index >= 15 is 0 Å². The van der Waals surface area contributed by atoms with E-state index in [1.54, 1.807) is 25.1 Å². The fourth-order valence-electron chi connectivity index (χ4n) is 1.08. The molecule has 4 nitrogen and oxygen atoms in total. The van der Waals surface area contributed by atoms with Gasteiger partial charge in [0.25, 0.3) is 0 Å². The molecule has 0 saturated carbocycles. The predicted octanol–water partition coefficient (Wildman–Crippen LogP) is 1.93. The molecule has 0 heterocycles. The van der Waals surface area contributed by atoms with Gasteiger partial charge in [0, 0.05) is 26.2 Å². The Kier molecular flexibility index (Phi) is 3.84. The zero-order valence-electron chi connectivity index (χ0n) is 9.36. The van der Waals surface area contributed by atoms with Crippen LogP contribution in [0.4, 0.5) is 10.1 Å². The number of halogens is 1. The number of methoxy groups -OCH3 is 1. The summed E-state index contributed by atoms with van der Waals surface area (Å²) in [4.78, 5) is 5.70. The molecule has 0 amide bonds. The molecule has 84 valence electrons. The minimum absolute atomic E-state index is 0.0844. The van der Waals surface area contributed by atoms with Gasteiger partial charge in [-0.2, -0.15) is 5.26 Å². The van der Waals surface area contributed by atoms with Crippen molar-refractivity contribution in [1.29, 1.82) is 5.26 Å². The van der Waals surface area contributed by atoms with Gasteiger partial charge in [0.05, 0.1) is 19.1 Å². The molecule has 0 aliphatic heterocycles. The second-order valence-electron chi connectivity index (χ2n) is 3.32. The van der Waals surface area contributed by atoms with Gasteiger partial charge < -0.3 is 9.64 Å². The van der Waals surface area contributed by atoms with Crippen LogP contribution in [0.2, 0.25) is 0 Å². The molecular weight excluding hydrogens is 209 g/mol. The Morgan fingerprint density at radius 1 is 1.50 bits per heavy atom. The SMILES string of the molecule is COc1cc(F)c(C#N)c(N=CN(C)C)c1. The van der Waals surface area contributed by atoms with Crippen LogP contribution in [-0.2, 0) is 0 Å². The average Bonchev–Trinajstić information content (AvgIpc) is 2.25. The predicted molar refractivity (Wildman–Crippen MR) is 59.5 cm³/mol. The minimum Gasteiger partial charge on any atom is -0.497 e. The van der Waals surface area contributed by atoms with Crippen LogP contribution < -0.4 is 4.74 Å². The van der Waals surface area contributed by atoms with E-state index in [0.29, 0.717) is 5.75 Å². The first-order valence-corrected chi connectivity index (χ1v) is 4.56. The summed E-state index contributed by atoms with van der Waals surface area (Å²) in [6.07, 6.45) is 1.50. The first-order chi connectivity index (χ1) is 7.58. The van der Waals surface area contributed by atoms with Crippen molar-refractivity contribution in [2.75, 3.05) is 21.2 Å². The second-order valence-corrected chi connectivity index (χ2v) is 3.32. The average molecular weight is 221 g/mol. The molecule has 0 radical (unpaired) electrons. The van der Waals surface area contributed by atoms with Crippen molar-refractivity contribution in [2.45, 2.75) is 0 Å². The van der Waals surface area contributed by atoms with Gasteiger partial charge in [-0.15, -0.1) is 0 Å². The van der Waals surface area contributed by atoms with Crippen LogP contribution >= 0.6 is 0 Å². The van der Waals surface area contributed by atoms with E-state index in [9.17, 15) is 4.39 Å². The number of aliphatic imine (C=N–C) groups is 1. The molecule has 0 atom stereocenters. The molecule has 16 heavy (non-hydrogen) atoms. The summed E-state index contributed by atoms with van der Waals surface area (Å²) in [5.74, 6) is -0.296. The van der Waals surface area contributed by atoms with Crippen molar-refractivity contribution in [2.24, 2.45) is 4.99 Å². The summed E-state index contributed by atoms with van der Waals surface area (Å²) in [5, 5.41) is 8.81. The Labute approximate surface area is 93.6 Å². The first-order valence-electron chi connectivity index (χ1n) is 4.56. The van der Waals surface area contributed by atoms with E-state index in [4.69, 9.17) is 10.00 Å². The van der Waals surface area contributed by atoms with Crippen LogP contribution in [0, 0.1) is 17.1 Å². The summed E-state index contributed by atoms with van der Waals surface area (Å²) >= 11 is 0. The molecular formula is C11H12FN3O. The largest absolute Gasteiger partial charge is 0.497 e. The molecule has 1 aromatic rings. The second kappa shape index (κ2) is 5.12. The maximum atomic E-state index is 13.4. The van der Waals surface area contributed by atoms with Gasteiger partial charge in [-0.1, -0.05) is 0 Å². The number of rotatable bonds is 3. The third-order valence-corrected chi connectivity index (χ3v) is 1.82. The molecule has 5 heteroatoms. The zero-order valence-corrected chi connectivity index (χ0v) is 9.36. The van der Waals surface area contributed by atoms with E-state index in [-0.39, 0.29) is 11.3 Å². The lowest BCUT2D eigenvalue weighted by Crippen LogP contribution is -2.07. The molecule has 0 aliphatic carbocycles. The van der Waals surface area contributed by atoms with Gasteiger partial charge in [-0.25, -0.2) is 9.38 Å². The van der Waals surface area contributed by atoms with E-state index in [1.807, 2.05) is 0 Å². The van der Waals surface area contributed by atoms with Crippen LogP contribution in [0.25, 0.3) is 0 Å². The fraction of sp³-hybridized carbons (Fsp3) is 0.273. The highest BCUT2D eigenvalue weighted by molar-refractivity contribution is 5.66. The number of nitrogens with zero attached hydrogens (tertiary/aromatic N) is 3. The molecule has 0 spiro atoms. The molecule has 0 fully saturated rings. The number of hydrogen-bond donors (Lipinski definition) is 0. The van der Waals surface area contributed by atoms with Gasteiger partial charge in [-0.3, -0.25) is 0 Å². The molecule has 1 rings (SSSR count). The smallest absolute Gasteiger partial charge is 0.146 e. The summed E-state index contributed by atoms with van der Waals surface area (Å²) < 4.78 is 18.3.